The predicted octanol–water partition coefficient (Wildman–Crippen LogP) is 0.709. The van der Waals surface area contributed by atoms with Gasteiger partial charge in [0.05, 0.1) is 12.4 Å². The molecule has 1 fully saturated rings. The standard InChI is InChI=1S/C14H16N2O5S/c1-21-9-4-2-8(3-5-9)15-12(17)6-11-13(18)16-10(7-22-11)14(19)20/h2-5,10-11H,6-7H2,1H3,(H,15,17)(H,16,18)(H,19,20). The highest BCUT2D eigenvalue weighted by molar-refractivity contribution is 8.00. The van der Waals surface area contributed by atoms with E-state index in [1.165, 1.54) is 11.8 Å². The Morgan fingerprint density at radius 1 is 1.41 bits per heavy atom. The Labute approximate surface area is 131 Å². The Kier molecular flexibility index (Phi) is 5.26. The lowest BCUT2D eigenvalue weighted by Crippen LogP contribution is -2.51. The maximum Gasteiger partial charge on any atom is 0.327 e. The summed E-state index contributed by atoms with van der Waals surface area (Å²) in [7, 11) is 1.55. The van der Waals surface area contributed by atoms with Crippen molar-refractivity contribution in [2.45, 2.75) is 17.7 Å². The Balaban J connectivity index is 1.86. The first-order valence-electron chi connectivity index (χ1n) is 6.58. The van der Waals surface area contributed by atoms with E-state index >= 15 is 0 Å². The van der Waals surface area contributed by atoms with Crippen molar-refractivity contribution in [1.82, 2.24) is 5.32 Å². The van der Waals surface area contributed by atoms with E-state index < -0.39 is 23.2 Å². The smallest absolute Gasteiger partial charge is 0.327 e. The SMILES string of the molecule is COc1ccc(NC(=O)CC2SCC(C(=O)O)NC2=O)cc1. The van der Waals surface area contributed by atoms with E-state index in [2.05, 4.69) is 10.6 Å². The number of carbonyl (C=O) groups is 3. The number of hydrogen-bond donors (Lipinski definition) is 3. The molecule has 1 aromatic carbocycles. The normalized spacial score (nSPS) is 20.9. The van der Waals surface area contributed by atoms with Gasteiger partial charge in [-0.1, -0.05) is 0 Å². The summed E-state index contributed by atoms with van der Waals surface area (Å²) in [6.45, 7) is 0. The lowest BCUT2D eigenvalue weighted by Gasteiger charge is -2.25. The van der Waals surface area contributed by atoms with Crippen LogP contribution in [0.3, 0.4) is 0 Å². The monoisotopic (exact) mass is 324 g/mol. The van der Waals surface area contributed by atoms with Crippen LogP contribution < -0.4 is 15.4 Å². The topological polar surface area (TPSA) is 105 Å². The third kappa shape index (κ3) is 4.14. The molecule has 1 aliphatic rings. The number of nitrogens with one attached hydrogen (secondary N) is 2. The van der Waals surface area contributed by atoms with E-state index in [1.807, 2.05) is 0 Å². The number of anilines is 1. The minimum absolute atomic E-state index is 0.00509. The summed E-state index contributed by atoms with van der Waals surface area (Å²) < 4.78 is 5.02. The molecule has 3 N–H and O–H groups in total. The van der Waals surface area contributed by atoms with Crippen LogP contribution in [0.15, 0.2) is 24.3 Å². The molecule has 2 amide bonds. The van der Waals surface area contributed by atoms with Gasteiger partial charge in [-0.2, -0.15) is 0 Å². The number of ether oxygens (including phenoxy) is 1. The minimum Gasteiger partial charge on any atom is -0.497 e. The zero-order valence-corrected chi connectivity index (χ0v) is 12.7. The van der Waals surface area contributed by atoms with Crippen molar-refractivity contribution < 1.29 is 24.2 Å². The van der Waals surface area contributed by atoms with Gasteiger partial charge in [-0.25, -0.2) is 4.79 Å². The van der Waals surface area contributed by atoms with Crippen LogP contribution >= 0.6 is 11.8 Å². The van der Waals surface area contributed by atoms with Crippen LogP contribution in [-0.2, 0) is 14.4 Å². The van der Waals surface area contributed by atoms with Crippen LogP contribution in [0.2, 0.25) is 0 Å². The van der Waals surface area contributed by atoms with Crippen LogP contribution in [0.5, 0.6) is 5.75 Å². The molecule has 2 atom stereocenters. The predicted molar refractivity (Wildman–Crippen MR) is 82.1 cm³/mol. The van der Waals surface area contributed by atoms with Crippen molar-refractivity contribution in [2.24, 2.45) is 0 Å². The van der Waals surface area contributed by atoms with Gasteiger partial charge in [0.25, 0.3) is 0 Å². The van der Waals surface area contributed by atoms with Crippen LogP contribution in [0.4, 0.5) is 5.69 Å². The van der Waals surface area contributed by atoms with E-state index in [1.54, 1.807) is 31.4 Å². The first kappa shape index (κ1) is 16.2. The summed E-state index contributed by atoms with van der Waals surface area (Å²) in [5, 5.41) is 13.4. The average Bonchev–Trinajstić information content (AvgIpc) is 2.50. The number of carbonyl (C=O) groups excluding carboxylic acids is 2. The minimum atomic E-state index is -1.07. The molecule has 1 aromatic rings. The summed E-state index contributed by atoms with van der Waals surface area (Å²) in [6.07, 6.45) is -0.00509. The molecule has 0 spiro atoms. The summed E-state index contributed by atoms with van der Waals surface area (Å²) in [6, 6.07) is 5.94. The molecule has 0 radical (unpaired) electrons. The van der Waals surface area contributed by atoms with E-state index in [0.717, 1.165) is 0 Å². The number of hydrogen-bond acceptors (Lipinski definition) is 5. The van der Waals surface area contributed by atoms with Crippen molar-refractivity contribution in [2.75, 3.05) is 18.2 Å². The third-order valence-corrected chi connectivity index (χ3v) is 4.42. The molecule has 7 nitrogen and oxygen atoms in total. The fraction of sp³-hybridized carbons (Fsp3) is 0.357. The third-order valence-electron chi connectivity index (χ3n) is 3.12. The second-order valence-corrected chi connectivity index (χ2v) is 5.94. The molecule has 0 saturated carbocycles. The maximum absolute atomic E-state index is 11.9. The lowest BCUT2D eigenvalue weighted by molar-refractivity contribution is -0.141. The Bertz CT molecular complexity index is 575. The van der Waals surface area contributed by atoms with Gasteiger partial charge in [0.15, 0.2) is 0 Å². The lowest BCUT2D eigenvalue weighted by atomic mass is 10.2. The largest absolute Gasteiger partial charge is 0.497 e. The Morgan fingerprint density at radius 2 is 2.09 bits per heavy atom. The average molecular weight is 324 g/mol. The van der Waals surface area contributed by atoms with Gasteiger partial charge >= 0.3 is 5.97 Å². The van der Waals surface area contributed by atoms with Crippen LogP contribution in [0, 0.1) is 0 Å². The van der Waals surface area contributed by atoms with Gasteiger partial charge in [-0.15, -0.1) is 11.8 Å². The fourth-order valence-corrected chi connectivity index (χ4v) is 3.07. The summed E-state index contributed by atoms with van der Waals surface area (Å²) in [5.74, 6) is -0.858. The molecule has 8 heteroatoms. The number of carboxylic acids is 1. The molecule has 2 rings (SSSR count). The van der Waals surface area contributed by atoms with Crippen LogP contribution in [-0.4, -0.2) is 47.0 Å². The molecule has 1 saturated heterocycles. The highest BCUT2D eigenvalue weighted by Crippen LogP contribution is 2.22. The first-order valence-corrected chi connectivity index (χ1v) is 7.63. The summed E-state index contributed by atoms with van der Waals surface area (Å²) in [4.78, 5) is 34.5. The van der Waals surface area contributed by atoms with Gasteiger partial charge < -0.3 is 20.5 Å². The molecule has 2 unspecified atom stereocenters. The molecular formula is C14H16N2O5S. The molecule has 0 bridgehead atoms. The fourth-order valence-electron chi connectivity index (χ4n) is 1.93. The second-order valence-electron chi connectivity index (χ2n) is 4.70. The number of carboxylic acid groups (broad SMARTS) is 1. The maximum atomic E-state index is 11.9. The quantitative estimate of drug-likeness (QED) is 0.737. The number of rotatable bonds is 5. The van der Waals surface area contributed by atoms with Crippen LogP contribution in [0.25, 0.3) is 0 Å². The van der Waals surface area contributed by atoms with Gasteiger partial charge in [-0.05, 0) is 24.3 Å². The van der Waals surface area contributed by atoms with Gasteiger partial charge in [0, 0.05) is 17.9 Å². The van der Waals surface area contributed by atoms with Crippen molar-refractivity contribution in [3.8, 4) is 5.75 Å². The molecular weight excluding hydrogens is 308 g/mol. The molecule has 1 aliphatic heterocycles. The number of benzene rings is 1. The summed E-state index contributed by atoms with van der Waals surface area (Å²) >= 11 is 1.18. The number of thioether (sulfide) groups is 1. The molecule has 0 aromatic heterocycles. The molecule has 22 heavy (non-hydrogen) atoms. The van der Waals surface area contributed by atoms with Crippen molar-refractivity contribution in [3.05, 3.63) is 24.3 Å². The molecule has 118 valence electrons. The number of amides is 2. The Hall–Kier alpha value is -2.22. The van der Waals surface area contributed by atoms with E-state index in [-0.39, 0.29) is 18.1 Å². The van der Waals surface area contributed by atoms with Crippen molar-refractivity contribution in [3.63, 3.8) is 0 Å². The van der Waals surface area contributed by atoms with E-state index in [9.17, 15) is 14.4 Å². The Morgan fingerprint density at radius 3 is 2.64 bits per heavy atom. The van der Waals surface area contributed by atoms with Crippen LogP contribution in [0.1, 0.15) is 6.42 Å². The van der Waals surface area contributed by atoms with E-state index in [0.29, 0.717) is 11.4 Å². The van der Waals surface area contributed by atoms with Crippen molar-refractivity contribution in [1.29, 1.82) is 0 Å². The van der Waals surface area contributed by atoms with Gasteiger partial charge in [0.1, 0.15) is 11.8 Å². The zero-order chi connectivity index (χ0) is 16.1. The number of aliphatic carboxylic acids is 1. The number of methoxy groups -OCH3 is 1. The van der Waals surface area contributed by atoms with Crippen molar-refractivity contribution >= 4 is 35.2 Å². The zero-order valence-electron chi connectivity index (χ0n) is 11.9. The second kappa shape index (κ2) is 7.17. The van der Waals surface area contributed by atoms with Gasteiger partial charge in [0.2, 0.25) is 11.8 Å². The first-order chi connectivity index (χ1) is 10.5. The highest BCUT2D eigenvalue weighted by Gasteiger charge is 2.33. The summed E-state index contributed by atoms with van der Waals surface area (Å²) in [5.41, 5.74) is 0.607. The highest BCUT2D eigenvalue weighted by atomic mass is 32.2. The van der Waals surface area contributed by atoms with E-state index in [4.69, 9.17) is 9.84 Å². The molecule has 1 heterocycles. The molecule has 0 aliphatic carbocycles. The van der Waals surface area contributed by atoms with Gasteiger partial charge in [-0.3, -0.25) is 9.59 Å².